The van der Waals surface area contributed by atoms with E-state index in [1.807, 2.05) is 18.2 Å². The summed E-state index contributed by atoms with van der Waals surface area (Å²) in [6.07, 6.45) is 2.15. The third-order valence-electron chi connectivity index (χ3n) is 3.62. The minimum atomic E-state index is -0.0123. The molecule has 0 fully saturated rings. The molecule has 0 unspecified atom stereocenters. The minimum Gasteiger partial charge on any atom is -0.323 e. The average Bonchev–Trinajstić information content (AvgIpc) is 3.04. The van der Waals surface area contributed by atoms with Crippen LogP contribution in [0.15, 0.2) is 60.7 Å². The van der Waals surface area contributed by atoms with Crippen molar-refractivity contribution in [1.82, 2.24) is 20.2 Å². The topological polar surface area (TPSA) is 55.6 Å². The molecular formula is C16H12IN5. The first-order chi connectivity index (χ1) is 10.8. The summed E-state index contributed by atoms with van der Waals surface area (Å²) in [7, 11) is 0. The van der Waals surface area contributed by atoms with Gasteiger partial charge in [0.2, 0.25) is 5.95 Å². The molecule has 2 aromatic carbocycles. The largest absolute Gasteiger partial charge is 0.323 e. The van der Waals surface area contributed by atoms with Crippen molar-refractivity contribution in [3.63, 3.8) is 0 Å². The SMILES string of the molecule is Ic1ccc(C2=C[C@H](c3ccccc3)n3nnnc3N2)cc1. The van der Waals surface area contributed by atoms with Crippen LogP contribution in [0.2, 0.25) is 0 Å². The van der Waals surface area contributed by atoms with E-state index in [2.05, 4.69) is 85.9 Å². The lowest BCUT2D eigenvalue weighted by molar-refractivity contribution is 0.586. The van der Waals surface area contributed by atoms with Crippen LogP contribution in [0.1, 0.15) is 17.2 Å². The molecule has 1 aliphatic heterocycles. The minimum absolute atomic E-state index is 0.0123. The molecule has 2 heterocycles. The molecule has 5 nitrogen and oxygen atoms in total. The number of allylic oxidation sites excluding steroid dienone is 1. The summed E-state index contributed by atoms with van der Waals surface area (Å²) in [5.74, 6) is 0.657. The maximum absolute atomic E-state index is 4.10. The van der Waals surface area contributed by atoms with Crippen molar-refractivity contribution in [2.75, 3.05) is 5.32 Å². The molecule has 22 heavy (non-hydrogen) atoms. The summed E-state index contributed by atoms with van der Waals surface area (Å²) in [6.45, 7) is 0. The maximum atomic E-state index is 4.10. The predicted octanol–water partition coefficient (Wildman–Crippen LogP) is 3.33. The molecule has 108 valence electrons. The van der Waals surface area contributed by atoms with E-state index < -0.39 is 0 Å². The fourth-order valence-electron chi connectivity index (χ4n) is 2.54. The van der Waals surface area contributed by atoms with Gasteiger partial charge in [0, 0.05) is 9.27 Å². The lowest BCUT2D eigenvalue weighted by atomic mass is 10.0. The van der Waals surface area contributed by atoms with Crippen molar-refractivity contribution < 1.29 is 0 Å². The van der Waals surface area contributed by atoms with Crippen LogP contribution in [-0.2, 0) is 0 Å². The van der Waals surface area contributed by atoms with Crippen LogP contribution in [-0.4, -0.2) is 20.2 Å². The summed E-state index contributed by atoms with van der Waals surface area (Å²) < 4.78 is 3.01. The highest BCUT2D eigenvalue weighted by atomic mass is 127. The van der Waals surface area contributed by atoms with Gasteiger partial charge in [-0.2, -0.15) is 4.68 Å². The summed E-state index contributed by atoms with van der Waals surface area (Å²) in [6, 6.07) is 18.6. The molecule has 1 aromatic heterocycles. The summed E-state index contributed by atoms with van der Waals surface area (Å²) in [5.41, 5.74) is 3.30. The van der Waals surface area contributed by atoms with E-state index >= 15 is 0 Å². The number of nitrogens with zero attached hydrogens (tertiary/aromatic N) is 4. The fraction of sp³-hybridized carbons (Fsp3) is 0.0625. The third kappa shape index (κ3) is 2.39. The number of benzene rings is 2. The van der Waals surface area contributed by atoms with E-state index in [0.717, 1.165) is 16.8 Å². The molecule has 0 spiro atoms. The second-order valence-corrected chi connectivity index (χ2v) is 6.26. The van der Waals surface area contributed by atoms with Gasteiger partial charge in [-0.25, -0.2) is 0 Å². The number of halogens is 1. The monoisotopic (exact) mass is 401 g/mol. The van der Waals surface area contributed by atoms with Crippen LogP contribution in [0.25, 0.3) is 5.70 Å². The van der Waals surface area contributed by atoms with Crippen molar-refractivity contribution in [2.24, 2.45) is 0 Å². The zero-order chi connectivity index (χ0) is 14.9. The first-order valence-electron chi connectivity index (χ1n) is 6.89. The quantitative estimate of drug-likeness (QED) is 0.670. The molecule has 0 saturated carbocycles. The molecule has 0 bridgehead atoms. The van der Waals surface area contributed by atoms with Gasteiger partial charge in [0.05, 0.1) is 0 Å². The number of rotatable bonds is 2. The Bertz CT molecular complexity index is 823. The molecule has 0 radical (unpaired) electrons. The number of nitrogens with one attached hydrogen (secondary N) is 1. The van der Waals surface area contributed by atoms with Crippen molar-refractivity contribution in [3.8, 4) is 0 Å². The van der Waals surface area contributed by atoms with Crippen LogP contribution in [0.3, 0.4) is 0 Å². The smallest absolute Gasteiger partial charge is 0.248 e. The average molecular weight is 401 g/mol. The number of hydrogen-bond acceptors (Lipinski definition) is 4. The van der Waals surface area contributed by atoms with Crippen molar-refractivity contribution >= 4 is 34.2 Å². The Morgan fingerprint density at radius 1 is 1.00 bits per heavy atom. The van der Waals surface area contributed by atoms with Crippen LogP contribution in [0.5, 0.6) is 0 Å². The second-order valence-electron chi connectivity index (χ2n) is 5.01. The Balaban J connectivity index is 1.81. The van der Waals surface area contributed by atoms with Gasteiger partial charge in [0.15, 0.2) is 0 Å². The molecule has 1 aliphatic rings. The number of fused-ring (bicyclic) bond motifs is 1. The zero-order valence-corrected chi connectivity index (χ0v) is 13.7. The Hall–Kier alpha value is -2.22. The van der Waals surface area contributed by atoms with Crippen molar-refractivity contribution in [1.29, 1.82) is 0 Å². The van der Waals surface area contributed by atoms with Crippen LogP contribution in [0.4, 0.5) is 5.95 Å². The van der Waals surface area contributed by atoms with E-state index in [9.17, 15) is 0 Å². The normalized spacial score (nSPS) is 16.6. The van der Waals surface area contributed by atoms with Crippen LogP contribution in [0, 0.1) is 3.57 Å². The Morgan fingerprint density at radius 2 is 1.77 bits per heavy atom. The van der Waals surface area contributed by atoms with E-state index in [-0.39, 0.29) is 6.04 Å². The number of anilines is 1. The first kappa shape index (κ1) is 13.4. The molecule has 4 rings (SSSR count). The van der Waals surface area contributed by atoms with E-state index in [1.54, 1.807) is 4.68 Å². The second kappa shape index (κ2) is 5.53. The summed E-state index contributed by atoms with van der Waals surface area (Å²) in [5, 5.41) is 15.3. The lowest BCUT2D eigenvalue weighted by Crippen LogP contribution is -2.20. The molecular weight excluding hydrogens is 389 g/mol. The van der Waals surface area contributed by atoms with Gasteiger partial charge in [-0.1, -0.05) is 47.6 Å². The molecule has 3 aromatic rings. The highest BCUT2D eigenvalue weighted by molar-refractivity contribution is 14.1. The Labute approximate surface area is 141 Å². The van der Waals surface area contributed by atoms with Crippen LogP contribution >= 0.6 is 22.6 Å². The maximum Gasteiger partial charge on any atom is 0.248 e. The molecule has 0 amide bonds. The van der Waals surface area contributed by atoms with Gasteiger partial charge in [-0.15, -0.1) is 0 Å². The summed E-state index contributed by atoms with van der Waals surface area (Å²) in [4.78, 5) is 0. The van der Waals surface area contributed by atoms with E-state index in [4.69, 9.17) is 0 Å². The van der Waals surface area contributed by atoms with Gasteiger partial charge in [-0.05, 0) is 62.4 Å². The Morgan fingerprint density at radius 3 is 2.55 bits per heavy atom. The molecule has 6 heteroatoms. The highest BCUT2D eigenvalue weighted by Gasteiger charge is 2.23. The molecule has 1 atom stereocenters. The standard InChI is InChI=1S/C16H12IN5/c17-13-8-6-11(7-9-13)14-10-15(12-4-2-1-3-5-12)22-16(18-14)19-20-21-22/h1-10,15H,(H,18,19,21)/t15-/m1/s1. The van der Waals surface area contributed by atoms with Gasteiger partial charge in [-0.3, -0.25) is 0 Å². The van der Waals surface area contributed by atoms with Gasteiger partial charge in [0.1, 0.15) is 6.04 Å². The van der Waals surface area contributed by atoms with E-state index in [0.29, 0.717) is 5.95 Å². The van der Waals surface area contributed by atoms with Gasteiger partial charge in [0.25, 0.3) is 0 Å². The highest BCUT2D eigenvalue weighted by Crippen LogP contribution is 2.31. The van der Waals surface area contributed by atoms with Crippen molar-refractivity contribution in [2.45, 2.75) is 6.04 Å². The number of hydrogen-bond donors (Lipinski definition) is 1. The lowest BCUT2D eigenvalue weighted by Gasteiger charge is -2.23. The van der Waals surface area contributed by atoms with Crippen molar-refractivity contribution in [3.05, 3.63) is 75.4 Å². The summed E-state index contributed by atoms with van der Waals surface area (Å²) >= 11 is 2.30. The first-order valence-corrected chi connectivity index (χ1v) is 7.97. The predicted molar refractivity (Wildman–Crippen MR) is 93.2 cm³/mol. The number of aromatic nitrogens is 4. The van der Waals surface area contributed by atoms with E-state index in [1.165, 1.54) is 3.57 Å². The van der Waals surface area contributed by atoms with Crippen LogP contribution < -0.4 is 5.32 Å². The van der Waals surface area contributed by atoms with Gasteiger partial charge >= 0.3 is 0 Å². The number of tetrazole rings is 1. The zero-order valence-electron chi connectivity index (χ0n) is 11.5. The molecule has 0 saturated heterocycles. The molecule has 0 aliphatic carbocycles. The molecule has 1 N–H and O–H groups in total. The third-order valence-corrected chi connectivity index (χ3v) is 4.34. The van der Waals surface area contributed by atoms with Gasteiger partial charge < -0.3 is 5.32 Å². The fourth-order valence-corrected chi connectivity index (χ4v) is 2.90. The Kier molecular flexibility index (Phi) is 3.38.